The van der Waals surface area contributed by atoms with E-state index in [2.05, 4.69) is 25.7 Å². The van der Waals surface area contributed by atoms with Crippen molar-refractivity contribution in [3.05, 3.63) is 76.4 Å². The normalized spacial score (nSPS) is 16.1. The van der Waals surface area contributed by atoms with Gasteiger partial charge in [-0.05, 0) is 64.4 Å². The number of amides is 4. The number of allylic oxidation sites excluding steroid dienone is 2. The van der Waals surface area contributed by atoms with Crippen molar-refractivity contribution in [2.45, 2.75) is 72.4 Å². The molecule has 2 saturated heterocycles. The van der Waals surface area contributed by atoms with Gasteiger partial charge in [-0.1, -0.05) is 12.2 Å². The van der Waals surface area contributed by atoms with Gasteiger partial charge in [0.1, 0.15) is 40.5 Å². The molecule has 8 N–H and O–H groups in total. The summed E-state index contributed by atoms with van der Waals surface area (Å²) >= 11 is 0. The lowest BCUT2D eigenvalue weighted by atomic mass is 10.1. The molecule has 21 heteroatoms. The molecule has 21 nitrogen and oxygen atoms in total. The number of nitrogens with two attached hydrogens (primary N) is 3. The van der Waals surface area contributed by atoms with E-state index in [4.69, 9.17) is 41.4 Å². The third kappa shape index (κ3) is 8.14. The number of nitrogens with one attached hydrogen (secondary N) is 2. The van der Waals surface area contributed by atoms with E-state index >= 15 is 0 Å². The van der Waals surface area contributed by atoms with Crippen LogP contribution in [0.25, 0.3) is 22.1 Å². The maximum Gasteiger partial charge on any atom is 0.278 e. The van der Waals surface area contributed by atoms with Crippen molar-refractivity contribution in [3.63, 3.8) is 0 Å². The predicted molar refractivity (Wildman–Crippen MR) is 233 cm³/mol. The fraction of sp³-hybridized carbons (Fsp3) is 0.381. The lowest BCUT2D eigenvalue weighted by Crippen LogP contribution is -2.39. The molecule has 330 valence electrons. The standard InChI is InChI=1S/C42H50N14O7/c1-6-55-30(14-22(3)50-55)39(59)48-41-47-29-16-25(38(45)58)18-32(62-13-12-52-20-27-19-26(52)21-63-27)35(29)54(41)11-9-8-10-53-34-28(15-24(37(44)57)17-31(34)61-5)46-42(53)49-40(60)36-33(43)23(4)51-56(36)7-2/h8-9,14-18,26-27H,6-7,10-13,19-21,43H2,1-5H3,(H2,44,57)(H2,45,58)(H,46,49,60)(H,47,48,59)/b9-8+/t26-,27-/m1/s1. The van der Waals surface area contributed by atoms with Gasteiger partial charge in [0.05, 0.1) is 47.9 Å². The maximum atomic E-state index is 13.8. The van der Waals surface area contributed by atoms with Crippen LogP contribution in [-0.4, -0.2) is 113 Å². The molecule has 6 aromatic rings. The number of morpholine rings is 1. The Labute approximate surface area is 361 Å². The van der Waals surface area contributed by atoms with Gasteiger partial charge < -0.3 is 40.5 Å². The van der Waals surface area contributed by atoms with Crippen molar-refractivity contribution >= 4 is 63.3 Å². The van der Waals surface area contributed by atoms with Crippen LogP contribution in [0.4, 0.5) is 17.6 Å². The Morgan fingerprint density at radius 2 is 1.44 bits per heavy atom. The number of anilines is 3. The van der Waals surface area contributed by atoms with Crippen molar-refractivity contribution < 1.29 is 33.4 Å². The number of benzene rings is 2. The van der Waals surface area contributed by atoms with Crippen LogP contribution in [0.15, 0.2) is 42.5 Å². The molecule has 4 amide bonds. The van der Waals surface area contributed by atoms with Gasteiger partial charge in [-0.2, -0.15) is 10.2 Å². The molecule has 2 aromatic carbocycles. The number of imidazole rings is 2. The number of likely N-dealkylation sites (tertiary alicyclic amines) is 1. The van der Waals surface area contributed by atoms with Crippen LogP contribution in [0.3, 0.4) is 0 Å². The molecule has 63 heavy (non-hydrogen) atoms. The van der Waals surface area contributed by atoms with Gasteiger partial charge in [-0.25, -0.2) is 9.97 Å². The van der Waals surface area contributed by atoms with E-state index in [0.29, 0.717) is 89.5 Å². The molecule has 2 fully saturated rings. The summed E-state index contributed by atoms with van der Waals surface area (Å²) in [5.74, 6) is -1.34. The Balaban J connectivity index is 1.16. The van der Waals surface area contributed by atoms with E-state index in [0.717, 1.165) is 13.0 Å². The summed E-state index contributed by atoms with van der Waals surface area (Å²) in [6, 6.07) is 8.21. The number of rotatable bonds is 17. The molecule has 0 saturated carbocycles. The lowest BCUT2D eigenvalue weighted by molar-refractivity contribution is 0.0258. The maximum absolute atomic E-state index is 13.8. The topological polar surface area (TPSA) is 273 Å². The largest absolute Gasteiger partial charge is 0.494 e. The predicted octanol–water partition coefficient (Wildman–Crippen LogP) is 2.84. The smallest absolute Gasteiger partial charge is 0.278 e. The Hall–Kier alpha value is -7.26. The Morgan fingerprint density at radius 1 is 0.841 bits per heavy atom. The number of carbonyl (C=O) groups excluding carboxylic acids is 4. The SMILES string of the molecule is CCn1nc(C)cc1C(=O)Nc1nc2cc(C(N)=O)cc(OCCN3C[C@H]4C[C@@H]3CO4)c2n1C/C=C/Cn1c(NC(=O)c2c(N)c(C)nn2CC)nc2cc(C(N)=O)cc(OC)c21. The van der Waals surface area contributed by atoms with Crippen LogP contribution in [-0.2, 0) is 30.9 Å². The van der Waals surface area contributed by atoms with Crippen LogP contribution in [0, 0.1) is 13.8 Å². The minimum Gasteiger partial charge on any atom is -0.494 e. The second kappa shape index (κ2) is 17.2. The van der Waals surface area contributed by atoms with Gasteiger partial charge >= 0.3 is 0 Å². The second-order valence-electron chi connectivity index (χ2n) is 15.4. The van der Waals surface area contributed by atoms with E-state index in [1.165, 1.54) is 23.9 Å². The van der Waals surface area contributed by atoms with Crippen LogP contribution in [0.1, 0.15) is 73.3 Å². The zero-order valence-electron chi connectivity index (χ0n) is 35.7. The number of carbonyl (C=O) groups is 4. The number of nitrogen functional groups attached to an aromatic ring is 1. The van der Waals surface area contributed by atoms with Gasteiger partial charge in [0.25, 0.3) is 11.8 Å². The molecular weight excluding hydrogens is 813 g/mol. The number of nitrogens with zero attached hydrogens (tertiary/aromatic N) is 9. The highest BCUT2D eigenvalue weighted by atomic mass is 16.5. The summed E-state index contributed by atoms with van der Waals surface area (Å²) < 4.78 is 24.5. The van der Waals surface area contributed by atoms with Crippen molar-refractivity contribution in [3.8, 4) is 11.5 Å². The number of ether oxygens (including phenoxy) is 3. The van der Waals surface area contributed by atoms with E-state index in [-0.39, 0.29) is 53.6 Å². The lowest BCUT2D eigenvalue weighted by Gasteiger charge is -2.26. The first-order valence-corrected chi connectivity index (χ1v) is 20.6. The van der Waals surface area contributed by atoms with Crippen LogP contribution >= 0.6 is 0 Å². The highest BCUT2D eigenvalue weighted by molar-refractivity contribution is 6.07. The molecular formula is C42H50N14O7. The average molecular weight is 863 g/mol. The second-order valence-corrected chi connectivity index (χ2v) is 15.4. The molecule has 0 aliphatic carbocycles. The van der Waals surface area contributed by atoms with E-state index in [1.54, 1.807) is 45.9 Å². The van der Waals surface area contributed by atoms with E-state index in [1.807, 2.05) is 26.0 Å². The zero-order chi connectivity index (χ0) is 44.7. The molecule has 0 unspecified atom stereocenters. The average Bonchev–Trinajstić information content (AvgIpc) is 4.12. The third-order valence-corrected chi connectivity index (χ3v) is 11.4. The van der Waals surface area contributed by atoms with Gasteiger partial charge in [0, 0.05) is 56.4 Å². The summed E-state index contributed by atoms with van der Waals surface area (Å²) in [6.45, 7) is 10.9. The summed E-state index contributed by atoms with van der Waals surface area (Å²) in [5.41, 5.74) is 21.7. The zero-order valence-corrected chi connectivity index (χ0v) is 35.7. The van der Waals surface area contributed by atoms with Gasteiger partial charge in [0.15, 0.2) is 0 Å². The molecule has 2 atom stereocenters. The Kier molecular flexibility index (Phi) is 11.6. The number of aromatic nitrogens is 8. The summed E-state index contributed by atoms with van der Waals surface area (Å²) in [4.78, 5) is 64.3. The molecule has 0 spiro atoms. The molecule has 6 heterocycles. The fourth-order valence-corrected chi connectivity index (χ4v) is 8.30. The monoisotopic (exact) mass is 862 g/mol. The summed E-state index contributed by atoms with van der Waals surface area (Å²) in [6.07, 6.45) is 4.90. The van der Waals surface area contributed by atoms with Gasteiger partial charge in [0.2, 0.25) is 23.7 Å². The number of fused-ring (bicyclic) bond motifs is 4. The summed E-state index contributed by atoms with van der Waals surface area (Å²) in [7, 11) is 1.45. The highest BCUT2D eigenvalue weighted by Gasteiger charge is 2.38. The molecule has 2 aliphatic rings. The number of hydrogen-bond acceptors (Lipinski definition) is 13. The van der Waals surface area contributed by atoms with E-state index < -0.39 is 23.6 Å². The Bertz CT molecular complexity index is 2810. The van der Waals surface area contributed by atoms with Gasteiger partial charge in [-0.3, -0.25) is 44.1 Å². The number of hydrogen-bond donors (Lipinski definition) is 5. The first kappa shape index (κ1) is 42.4. The first-order valence-electron chi connectivity index (χ1n) is 20.6. The summed E-state index contributed by atoms with van der Waals surface area (Å²) in [5, 5.41) is 14.7. The first-order chi connectivity index (χ1) is 30.3. The molecule has 4 aromatic heterocycles. The van der Waals surface area contributed by atoms with Crippen molar-refractivity contribution in [1.29, 1.82) is 0 Å². The third-order valence-electron chi connectivity index (χ3n) is 11.4. The molecule has 8 rings (SSSR count). The fourth-order valence-electron chi connectivity index (χ4n) is 8.30. The number of aryl methyl sites for hydroxylation is 4. The number of methoxy groups -OCH3 is 1. The van der Waals surface area contributed by atoms with Crippen molar-refractivity contribution in [1.82, 2.24) is 43.6 Å². The minimum atomic E-state index is -0.681. The van der Waals surface area contributed by atoms with Crippen LogP contribution in [0.5, 0.6) is 11.5 Å². The number of primary amides is 2. The quantitative estimate of drug-likeness (QED) is 0.0827. The van der Waals surface area contributed by atoms with Crippen molar-refractivity contribution in [2.75, 3.05) is 49.8 Å². The Morgan fingerprint density at radius 3 is 2.00 bits per heavy atom. The highest BCUT2D eigenvalue weighted by Crippen LogP contribution is 2.34. The van der Waals surface area contributed by atoms with Crippen LogP contribution < -0.4 is 37.3 Å². The molecule has 0 radical (unpaired) electrons. The van der Waals surface area contributed by atoms with E-state index in [9.17, 15) is 19.2 Å². The molecule has 2 aliphatic heterocycles. The van der Waals surface area contributed by atoms with Crippen LogP contribution in [0.2, 0.25) is 0 Å². The minimum absolute atomic E-state index is 0.136. The van der Waals surface area contributed by atoms with Gasteiger partial charge in [-0.15, -0.1) is 0 Å². The van der Waals surface area contributed by atoms with Crippen molar-refractivity contribution in [2.24, 2.45) is 11.5 Å². The molecule has 2 bridgehead atoms.